The fourth-order valence-corrected chi connectivity index (χ4v) is 4.13. The second-order valence-corrected chi connectivity index (χ2v) is 8.43. The molecule has 0 spiro atoms. The highest BCUT2D eigenvalue weighted by atomic mass is 79.9. The Morgan fingerprint density at radius 2 is 2.00 bits per heavy atom. The van der Waals surface area contributed by atoms with Gasteiger partial charge in [0.1, 0.15) is 17.5 Å². The molecular weight excluding hydrogens is 442 g/mol. The standard InChI is InChI=1S/C23H22BrN5O/c24-17-7-4-6-16(14-17)23(11-12-23)22(30)27-13-5-10-20-19(15-25)21(26)29(28-20)18-8-2-1-3-9-18/h1-4,6-9,14H,5,10-13,26H2,(H,27,30). The highest BCUT2D eigenvalue weighted by Crippen LogP contribution is 2.48. The molecule has 1 aliphatic rings. The van der Waals surface area contributed by atoms with E-state index >= 15 is 0 Å². The lowest BCUT2D eigenvalue weighted by atomic mass is 9.95. The number of hydrogen-bond donors (Lipinski definition) is 2. The van der Waals surface area contributed by atoms with Crippen molar-refractivity contribution in [2.45, 2.75) is 31.1 Å². The van der Waals surface area contributed by atoms with Crippen LogP contribution in [0.5, 0.6) is 0 Å². The molecule has 3 aromatic rings. The van der Waals surface area contributed by atoms with Crippen LogP contribution < -0.4 is 11.1 Å². The molecule has 1 heterocycles. The molecule has 1 saturated carbocycles. The van der Waals surface area contributed by atoms with Gasteiger partial charge in [-0.2, -0.15) is 10.4 Å². The third-order valence-electron chi connectivity index (χ3n) is 5.54. The zero-order valence-corrected chi connectivity index (χ0v) is 18.0. The lowest BCUT2D eigenvalue weighted by Gasteiger charge is -2.16. The average molecular weight is 464 g/mol. The van der Waals surface area contributed by atoms with Gasteiger partial charge in [-0.15, -0.1) is 0 Å². The van der Waals surface area contributed by atoms with E-state index in [0.29, 0.717) is 36.5 Å². The topological polar surface area (TPSA) is 96.7 Å². The van der Waals surface area contributed by atoms with Gasteiger partial charge < -0.3 is 11.1 Å². The number of rotatable bonds is 7. The van der Waals surface area contributed by atoms with Gasteiger partial charge in [-0.1, -0.05) is 46.3 Å². The fraction of sp³-hybridized carbons (Fsp3) is 0.261. The summed E-state index contributed by atoms with van der Waals surface area (Å²) in [6.45, 7) is 0.525. The number of benzene rings is 2. The molecule has 0 aliphatic heterocycles. The summed E-state index contributed by atoms with van der Waals surface area (Å²) in [4.78, 5) is 12.8. The maximum atomic E-state index is 12.8. The van der Waals surface area contributed by atoms with Crippen molar-refractivity contribution in [1.29, 1.82) is 5.26 Å². The number of aryl methyl sites for hydroxylation is 1. The van der Waals surface area contributed by atoms with Crippen LogP contribution in [0, 0.1) is 11.3 Å². The first-order valence-corrected chi connectivity index (χ1v) is 10.7. The molecule has 30 heavy (non-hydrogen) atoms. The van der Waals surface area contributed by atoms with E-state index in [0.717, 1.165) is 28.6 Å². The van der Waals surface area contributed by atoms with Gasteiger partial charge in [0.2, 0.25) is 5.91 Å². The highest BCUT2D eigenvalue weighted by molar-refractivity contribution is 9.10. The lowest BCUT2D eigenvalue weighted by molar-refractivity contribution is -0.123. The third-order valence-corrected chi connectivity index (χ3v) is 6.04. The number of nitrogens with zero attached hydrogens (tertiary/aromatic N) is 3. The third kappa shape index (κ3) is 3.83. The molecule has 1 amide bonds. The van der Waals surface area contributed by atoms with Crippen molar-refractivity contribution in [3.05, 3.63) is 75.9 Å². The summed E-state index contributed by atoms with van der Waals surface area (Å²) in [7, 11) is 0. The predicted octanol–water partition coefficient (Wildman–Crippen LogP) is 3.87. The highest BCUT2D eigenvalue weighted by Gasteiger charge is 2.51. The summed E-state index contributed by atoms with van der Waals surface area (Å²) < 4.78 is 2.58. The van der Waals surface area contributed by atoms with Crippen molar-refractivity contribution in [2.24, 2.45) is 0 Å². The molecule has 0 radical (unpaired) electrons. The second kappa shape index (κ2) is 8.33. The fourth-order valence-electron chi connectivity index (χ4n) is 3.73. The summed E-state index contributed by atoms with van der Waals surface area (Å²) in [5.74, 6) is 0.407. The van der Waals surface area contributed by atoms with Crippen LogP contribution in [0.2, 0.25) is 0 Å². The molecule has 0 unspecified atom stereocenters. The van der Waals surface area contributed by atoms with Gasteiger partial charge in [0, 0.05) is 11.0 Å². The first kappa shape index (κ1) is 20.2. The molecular formula is C23H22BrN5O. The number of nitrogens with one attached hydrogen (secondary N) is 1. The number of nitrogens with two attached hydrogens (primary N) is 1. The maximum absolute atomic E-state index is 12.8. The monoisotopic (exact) mass is 463 g/mol. The van der Waals surface area contributed by atoms with Crippen LogP contribution in [0.1, 0.15) is 36.1 Å². The first-order chi connectivity index (χ1) is 14.5. The Hall–Kier alpha value is -3.11. The summed E-state index contributed by atoms with van der Waals surface area (Å²) >= 11 is 3.48. The SMILES string of the molecule is N#Cc1c(CCCNC(=O)C2(c3cccc(Br)c3)CC2)nn(-c2ccccc2)c1N. The van der Waals surface area contributed by atoms with Gasteiger partial charge in [-0.05, 0) is 55.5 Å². The Morgan fingerprint density at radius 1 is 1.23 bits per heavy atom. The zero-order valence-electron chi connectivity index (χ0n) is 16.4. The van der Waals surface area contributed by atoms with E-state index in [1.807, 2.05) is 54.6 Å². The largest absolute Gasteiger partial charge is 0.382 e. The summed E-state index contributed by atoms with van der Waals surface area (Å²) in [6, 6.07) is 19.6. The van der Waals surface area contributed by atoms with Crippen molar-refractivity contribution < 1.29 is 4.79 Å². The minimum Gasteiger partial charge on any atom is -0.382 e. The Labute approximate surface area is 183 Å². The van der Waals surface area contributed by atoms with E-state index in [9.17, 15) is 10.1 Å². The molecule has 6 nitrogen and oxygen atoms in total. The number of halogens is 1. The molecule has 1 aliphatic carbocycles. The van der Waals surface area contributed by atoms with E-state index in [2.05, 4.69) is 32.4 Å². The normalized spacial score (nSPS) is 14.1. The number of anilines is 1. The molecule has 152 valence electrons. The van der Waals surface area contributed by atoms with Crippen LogP contribution >= 0.6 is 15.9 Å². The lowest BCUT2D eigenvalue weighted by Crippen LogP contribution is -2.35. The molecule has 3 N–H and O–H groups in total. The van der Waals surface area contributed by atoms with Crippen molar-refractivity contribution in [3.8, 4) is 11.8 Å². The van der Waals surface area contributed by atoms with Crippen LogP contribution in [0.25, 0.3) is 5.69 Å². The van der Waals surface area contributed by atoms with Crippen molar-refractivity contribution >= 4 is 27.7 Å². The van der Waals surface area contributed by atoms with Gasteiger partial charge in [0.05, 0.1) is 16.8 Å². The molecule has 2 aromatic carbocycles. The Balaban J connectivity index is 1.38. The molecule has 4 rings (SSSR count). The first-order valence-electron chi connectivity index (χ1n) is 9.92. The summed E-state index contributed by atoms with van der Waals surface area (Å²) in [6.07, 6.45) is 2.98. The number of para-hydroxylation sites is 1. The van der Waals surface area contributed by atoms with Crippen LogP contribution in [-0.4, -0.2) is 22.2 Å². The molecule has 1 fully saturated rings. The Morgan fingerprint density at radius 3 is 2.67 bits per heavy atom. The number of nitriles is 1. The van der Waals surface area contributed by atoms with Crippen molar-refractivity contribution in [1.82, 2.24) is 15.1 Å². The van der Waals surface area contributed by atoms with Crippen LogP contribution in [0.15, 0.2) is 59.1 Å². The Bertz CT molecular complexity index is 1110. The van der Waals surface area contributed by atoms with Gasteiger partial charge in [-0.25, -0.2) is 4.68 Å². The van der Waals surface area contributed by atoms with Crippen LogP contribution in [-0.2, 0) is 16.6 Å². The molecule has 1 aromatic heterocycles. The van der Waals surface area contributed by atoms with E-state index in [4.69, 9.17) is 5.73 Å². The molecule has 0 saturated heterocycles. The smallest absolute Gasteiger partial charge is 0.230 e. The van der Waals surface area contributed by atoms with Crippen molar-refractivity contribution in [3.63, 3.8) is 0 Å². The summed E-state index contributed by atoms with van der Waals surface area (Å²) in [5, 5.41) is 17.1. The van der Waals surface area contributed by atoms with Crippen LogP contribution in [0.3, 0.4) is 0 Å². The molecule has 7 heteroatoms. The Kier molecular flexibility index (Phi) is 5.60. The van der Waals surface area contributed by atoms with E-state index < -0.39 is 5.41 Å². The number of nitrogen functional groups attached to an aromatic ring is 1. The van der Waals surface area contributed by atoms with E-state index in [1.54, 1.807) is 4.68 Å². The quantitative estimate of drug-likeness (QED) is 0.519. The number of amides is 1. The van der Waals surface area contributed by atoms with E-state index in [1.165, 1.54) is 0 Å². The maximum Gasteiger partial charge on any atom is 0.230 e. The average Bonchev–Trinajstić information content (AvgIpc) is 3.51. The van der Waals surface area contributed by atoms with Crippen LogP contribution in [0.4, 0.5) is 5.82 Å². The van der Waals surface area contributed by atoms with Gasteiger partial charge in [-0.3, -0.25) is 4.79 Å². The second-order valence-electron chi connectivity index (χ2n) is 7.52. The number of hydrogen-bond acceptors (Lipinski definition) is 4. The van der Waals surface area contributed by atoms with Gasteiger partial charge >= 0.3 is 0 Å². The zero-order chi connectivity index (χ0) is 21.1. The minimum absolute atomic E-state index is 0.0652. The van der Waals surface area contributed by atoms with Gasteiger partial charge in [0.15, 0.2) is 0 Å². The van der Waals surface area contributed by atoms with Gasteiger partial charge in [0.25, 0.3) is 0 Å². The summed E-state index contributed by atoms with van der Waals surface area (Å²) in [5.41, 5.74) is 8.67. The number of aromatic nitrogens is 2. The predicted molar refractivity (Wildman–Crippen MR) is 119 cm³/mol. The minimum atomic E-state index is -0.402. The molecule has 0 bridgehead atoms. The van der Waals surface area contributed by atoms with Crippen molar-refractivity contribution in [2.75, 3.05) is 12.3 Å². The number of carbonyl (C=O) groups is 1. The number of carbonyl (C=O) groups excluding carboxylic acids is 1. The van der Waals surface area contributed by atoms with E-state index in [-0.39, 0.29) is 5.91 Å². The molecule has 0 atom stereocenters.